The highest BCUT2D eigenvalue weighted by Crippen LogP contribution is 2.60. The summed E-state index contributed by atoms with van der Waals surface area (Å²) < 4.78 is 5.86. The maximum Gasteiger partial charge on any atom is 0.288 e. The van der Waals surface area contributed by atoms with Crippen LogP contribution in [0.2, 0.25) is 0 Å². The van der Waals surface area contributed by atoms with Gasteiger partial charge in [0.25, 0.3) is 23.1 Å². The van der Waals surface area contributed by atoms with Crippen LogP contribution >= 0.6 is 0 Å². The molecule has 0 radical (unpaired) electrons. The molecule has 0 saturated heterocycles. The molecule has 1 aliphatic heterocycles. The van der Waals surface area contributed by atoms with Crippen molar-refractivity contribution in [2.75, 3.05) is 0 Å². The Kier molecular flexibility index (Phi) is 5.80. The van der Waals surface area contributed by atoms with Gasteiger partial charge in [0.05, 0.1) is 9.85 Å². The van der Waals surface area contributed by atoms with E-state index in [4.69, 9.17) is 4.74 Å². The number of nitro benzene ring substituents is 2. The third-order valence-corrected chi connectivity index (χ3v) is 7.10. The minimum absolute atomic E-state index is 0.00676. The fraction of sp³-hybridized carbons (Fsp3) is 0.222. The van der Waals surface area contributed by atoms with Crippen LogP contribution in [0.1, 0.15) is 52.4 Å². The summed E-state index contributed by atoms with van der Waals surface area (Å²) >= 11 is 0. The molecule has 2 aliphatic rings. The number of nitrogens with one attached hydrogen (secondary N) is 1. The zero-order valence-corrected chi connectivity index (χ0v) is 20.7. The van der Waals surface area contributed by atoms with Crippen LogP contribution < -0.4 is 10.1 Å². The number of fused-ring (bicyclic) bond motifs is 5. The van der Waals surface area contributed by atoms with Crippen molar-refractivity contribution in [1.82, 2.24) is 5.32 Å². The quantitative estimate of drug-likeness (QED) is 0.263. The van der Waals surface area contributed by atoms with Gasteiger partial charge in [-0.15, -0.1) is 0 Å². The minimum atomic E-state index is -2.75. The molecule has 0 fully saturated rings. The second kappa shape index (κ2) is 8.81. The smallest absolute Gasteiger partial charge is 0.288 e. The normalized spacial score (nSPS) is 20.6. The summed E-state index contributed by atoms with van der Waals surface area (Å²) in [6, 6.07) is 13.7. The van der Waals surface area contributed by atoms with Gasteiger partial charge in [0.15, 0.2) is 0 Å². The fourth-order valence-electron chi connectivity index (χ4n) is 5.21. The van der Waals surface area contributed by atoms with E-state index in [0.717, 1.165) is 11.6 Å². The number of rotatable bonds is 7. The standard InChI is InChI=1S/C27H21N3O9/c1-14(2)15-10-11-18-22(13-15)39-27(34)23-17(7-5-9-20(23)30(37)38)24(32)26(18,27)28-25(33)21(31)12-16-6-3-4-8-19(16)29(35)36/h3-11,13-14,34H,12H2,1-2H3,(H,28,33). The van der Waals surface area contributed by atoms with Crippen molar-refractivity contribution in [3.8, 4) is 5.75 Å². The zero-order valence-electron chi connectivity index (χ0n) is 20.7. The van der Waals surface area contributed by atoms with Crippen molar-refractivity contribution in [3.63, 3.8) is 0 Å². The van der Waals surface area contributed by atoms with Crippen LogP contribution in [0.3, 0.4) is 0 Å². The SMILES string of the molecule is CC(C)c1ccc2c(c1)OC1(O)c3c(cccc3[N+](=O)[O-])C(=O)C21NC(=O)C(=O)Cc1ccccc1[N+](=O)[O-]. The van der Waals surface area contributed by atoms with E-state index in [2.05, 4.69) is 5.32 Å². The number of ether oxygens (including phenoxy) is 1. The van der Waals surface area contributed by atoms with Crippen LogP contribution in [-0.2, 0) is 27.3 Å². The number of para-hydroxylation sites is 1. The van der Waals surface area contributed by atoms with Gasteiger partial charge in [-0.1, -0.05) is 56.3 Å². The van der Waals surface area contributed by atoms with Gasteiger partial charge in [0.2, 0.25) is 17.1 Å². The lowest BCUT2D eigenvalue weighted by atomic mass is 9.82. The van der Waals surface area contributed by atoms with Crippen LogP contribution in [0.5, 0.6) is 5.75 Å². The third kappa shape index (κ3) is 3.60. The molecular formula is C27H21N3O9. The number of aliphatic hydroxyl groups is 1. The van der Waals surface area contributed by atoms with Crippen molar-refractivity contribution in [1.29, 1.82) is 0 Å². The molecule has 39 heavy (non-hydrogen) atoms. The van der Waals surface area contributed by atoms with E-state index in [1.807, 2.05) is 13.8 Å². The number of benzene rings is 3. The van der Waals surface area contributed by atoms with Gasteiger partial charge in [0.1, 0.15) is 11.3 Å². The van der Waals surface area contributed by atoms with E-state index in [-0.39, 0.29) is 34.0 Å². The molecule has 1 amide bonds. The lowest BCUT2D eigenvalue weighted by Crippen LogP contribution is -2.61. The number of carbonyl (C=O) groups is 3. The number of hydrogen-bond donors (Lipinski definition) is 2. The fourth-order valence-corrected chi connectivity index (χ4v) is 5.21. The molecule has 12 heteroatoms. The highest BCUT2D eigenvalue weighted by molar-refractivity contribution is 6.37. The van der Waals surface area contributed by atoms with Gasteiger partial charge in [0, 0.05) is 35.2 Å². The average molecular weight is 531 g/mol. The van der Waals surface area contributed by atoms with E-state index in [1.54, 1.807) is 12.1 Å². The molecule has 12 nitrogen and oxygen atoms in total. The topological polar surface area (TPSA) is 179 Å². The molecule has 2 N–H and O–H groups in total. The Morgan fingerprint density at radius 2 is 1.67 bits per heavy atom. The number of carbonyl (C=O) groups excluding carboxylic acids is 3. The van der Waals surface area contributed by atoms with Gasteiger partial charge >= 0.3 is 0 Å². The lowest BCUT2D eigenvalue weighted by molar-refractivity contribution is -0.388. The largest absolute Gasteiger partial charge is 0.454 e. The summed E-state index contributed by atoms with van der Waals surface area (Å²) in [6.45, 7) is 3.80. The van der Waals surface area contributed by atoms with Crippen molar-refractivity contribution >= 4 is 28.8 Å². The molecular weight excluding hydrogens is 510 g/mol. The molecule has 3 aromatic rings. The first-order valence-corrected chi connectivity index (χ1v) is 11.9. The summed E-state index contributed by atoms with van der Waals surface area (Å²) in [7, 11) is 0. The lowest BCUT2D eigenvalue weighted by Gasteiger charge is -2.33. The van der Waals surface area contributed by atoms with Gasteiger partial charge < -0.3 is 15.2 Å². The van der Waals surface area contributed by atoms with Crippen molar-refractivity contribution in [2.24, 2.45) is 0 Å². The maximum absolute atomic E-state index is 13.9. The molecule has 1 aliphatic carbocycles. The van der Waals surface area contributed by atoms with E-state index in [0.29, 0.717) is 0 Å². The number of amides is 1. The summed E-state index contributed by atoms with van der Waals surface area (Å²) in [6.07, 6.45) is -0.668. The Morgan fingerprint density at radius 3 is 2.33 bits per heavy atom. The third-order valence-electron chi connectivity index (χ3n) is 7.10. The monoisotopic (exact) mass is 531 g/mol. The molecule has 2 unspecified atom stereocenters. The van der Waals surface area contributed by atoms with Crippen LogP contribution in [0.25, 0.3) is 0 Å². The van der Waals surface area contributed by atoms with Crippen LogP contribution in [-0.4, -0.2) is 32.4 Å². The van der Waals surface area contributed by atoms with E-state index in [1.165, 1.54) is 42.5 Å². The number of hydrogen-bond acceptors (Lipinski definition) is 9. The van der Waals surface area contributed by atoms with Crippen LogP contribution in [0.4, 0.5) is 11.4 Å². The second-order valence-electron chi connectivity index (χ2n) is 9.63. The van der Waals surface area contributed by atoms with E-state index >= 15 is 0 Å². The highest BCUT2D eigenvalue weighted by atomic mass is 16.6. The first-order valence-electron chi connectivity index (χ1n) is 11.9. The van der Waals surface area contributed by atoms with Crippen LogP contribution in [0.15, 0.2) is 60.7 Å². The number of Topliss-reactive ketones (excluding diaryl/α,β-unsaturated/α-hetero) is 2. The van der Waals surface area contributed by atoms with Gasteiger partial charge in [-0.25, -0.2) is 0 Å². The Labute approximate surface area is 220 Å². The van der Waals surface area contributed by atoms with Crippen molar-refractivity contribution in [2.45, 2.75) is 37.5 Å². The predicted octanol–water partition coefficient (Wildman–Crippen LogP) is 3.18. The maximum atomic E-state index is 13.9. The van der Waals surface area contributed by atoms with Gasteiger partial charge in [-0.2, -0.15) is 0 Å². The minimum Gasteiger partial charge on any atom is -0.454 e. The Balaban J connectivity index is 1.63. The summed E-state index contributed by atoms with van der Waals surface area (Å²) in [5.41, 5.74) is -3.37. The van der Waals surface area contributed by atoms with E-state index in [9.17, 15) is 39.7 Å². The predicted molar refractivity (Wildman–Crippen MR) is 134 cm³/mol. The summed E-state index contributed by atoms with van der Waals surface area (Å²) in [5, 5.41) is 37.5. The Hall–Kier alpha value is -4.97. The van der Waals surface area contributed by atoms with Crippen molar-refractivity contribution in [3.05, 3.63) is 109 Å². The molecule has 0 aromatic heterocycles. The van der Waals surface area contributed by atoms with Crippen molar-refractivity contribution < 1.29 is 34.1 Å². The molecule has 5 rings (SSSR count). The Morgan fingerprint density at radius 1 is 1.00 bits per heavy atom. The number of ketones is 2. The molecule has 0 bridgehead atoms. The molecule has 2 atom stereocenters. The molecule has 0 saturated carbocycles. The molecule has 0 spiro atoms. The van der Waals surface area contributed by atoms with Gasteiger partial charge in [-0.3, -0.25) is 34.6 Å². The van der Waals surface area contributed by atoms with E-state index < -0.39 is 56.3 Å². The number of nitro groups is 2. The summed E-state index contributed by atoms with van der Waals surface area (Å²) in [5.74, 6) is -6.11. The summed E-state index contributed by atoms with van der Waals surface area (Å²) in [4.78, 5) is 62.0. The average Bonchev–Trinajstić information content (AvgIpc) is 3.25. The van der Waals surface area contributed by atoms with Gasteiger partial charge in [-0.05, 0) is 17.5 Å². The van der Waals surface area contributed by atoms with Crippen LogP contribution in [0, 0.1) is 20.2 Å². The molecule has 1 heterocycles. The number of nitrogens with zero attached hydrogens (tertiary/aromatic N) is 2. The highest BCUT2D eigenvalue weighted by Gasteiger charge is 2.73. The Bertz CT molecular complexity index is 1620. The first kappa shape index (κ1) is 25.7. The first-order chi connectivity index (χ1) is 18.4. The molecule has 198 valence electrons. The zero-order chi connectivity index (χ0) is 28.3. The second-order valence-corrected chi connectivity index (χ2v) is 9.63. The molecule has 3 aromatic carbocycles.